The van der Waals surface area contributed by atoms with Crippen molar-refractivity contribution in [3.05, 3.63) is 11.8 Å². The molecule has 0 aliphatic rings. The fourth-order valence-electron chi connectivity index (χ4n) is 0.648. The van der Waals surface area contributed by atoms with Crippen LogP contribution < -0.4 is 5.32 Å². The third kappa shape index (κ3) is 6.90. The molecule has 11 heavy (non-hydrogen) atoms. The van der Waals surface area contributed by atoms with Crippen molar-refractivity contribution in [2.75, 3.05) is 6.54 Å². The topological polar surface area (TPSA) is 49.3 Å². The molecular formula is C8H15NO2. The van der Waals surface area contributed by atoms with Crippen LogP contribution >= 0.6 is 0 Å². The van der Waals surface area contributed by atoms with E-state index in [-0.39, 0.29) is 6.54 Å². The van der Waals surface area contributed by atoms with Crippen LogP contribution in [-0.2, 0) is 4.79 Å². The average Bonchev–Trinajstić information content (AvgIpc) is 1.97. The number of carboxylic acids is 1. The summed E-state index contributed by atoms with van der Waals surface area (Å²) in [6.07, 6.45) is 4.09. The van der Waals surface area contributed by atoms with Crippen molar-refractivity contribution in [1.82, 2.24) is 5.32 Å². The summed E-state index contributed by atoms with van der Waals surface area (Å²) in [5.74, 6) is -0.825. The van der Waals surface area contributed by atoms with Crippen LogP contribution in [0.4, 0.5) is 0 Å². The Kier molecular flexibility index (Phi) is 5.25. The van der Waals surface area contributed by atoms with Gasteiger partial charge in [-0.05, 0) is 13.3 Å². The minimum Gasteiger partial charge on any atom is -0.480 e. The van der Waals surface area contributed by atoms with E-state index < -0.39 is 5.97 Å². The van der Waals surface area contributed by atoms with E-state index in [9.17, 15) is 4.79 Å². The summed E-state index contributed by atoms with van der Waals surface area (Å²) in [5, 5.41) is 11.1. The van der Waals surface area contributed by atoms with Gasteiger partial charge in [-0.3, -0.25) is 4.79 Å². The van der Waals surface area contributed by atoms with E-state index in [0.717, 1.165) is 18.5 Å². The molecule has 0 spiro atoms. The number of rotatable bonds is 5. The van der Waals surface area contributed by atoms with E-state index >= 15 is 0 Å². The van der Waals surface area contributed by atoms with Crippen molar-refractivity contribution in [3.8, 4) is 0 Å². The van der Waals surface area contributed by atoms with E-state index in [1.165, 1.54) is 0 Å². The second kappa shape index (κ2) is 5.77. The number of aliphatic carboxylic acids is 1. The first-order chi connectivity index (χ1) is 5.16. The Balaban J connectivity index is 3.50. The van der Waals surface area contributed by atoms with E-state index in [0.29, 0.717) is 0 Å². The van der Waals surface area contributed by atoms with Gasteiger partial charge in [0.05, 0.1) is 0 Å². The van der Waals surface area contributed by atoms with E-state index in [2.05, 4.69) is 12.2 Å². The summed E-state index contributed by atoms with van der Waals surface area (Å²) >= 11 is 0. The molecule has 0 radical (unpaired) electrons. The van der Waals surface area contributed by atoms with Gasteiger partial charge < -0.3 is 10.4 Å². The van der Waals surface area contributed by atoms with Crippen molar-refractivity contribution < 1.29 is 9.90 Å². The molecule has 0 bridgehead atoms. The van der Waals surface area contributed by atoms with E-state index in [1.54, 1.807) is 0 Å². The molecule has 0 aromatic heterocycles. The normalized spacial score (nSPS) is 11.3. The van der Waals surface area contributed by atoms with Gasteiger partial charge in [-0.1, -0.05) is 19.4 Å². The Morgan fingerprint density at radius 1 is 1.64 bits per heavy atom. The monoisotopic (exact) mass is 157 g/mol. The third-order valence-electron chi connectivity index (χ3n) is 1.26. The molecule has 64 valence electrons. The Morgan fingerprint density at radius 3 is 2.73 bits per heavy atom. The van der Waals surface area contributed by atoms with Crippen LogP contribution in [0.2, 0.25) is 0 Å². The molecule has 0 amide bonds. The van der Waals surface area contributed by atoms with Gasteiger partial charge >= 0.3 is 5.97 Å². The Morgan fingerprint density at radius 2 is 2.27 bits per heavy atom. The van der Waals surface area contributed by atoms with Crippen LogP contribution in [0.3, 0.4) is 0 Å². The SMILES string of the molecule is CCC/C=C(\C)NCC(=O)O. The van der Waals surface area contributed by atoms with Gasteiger partial charge in [-0.25, -0.2) is 0 Å². The highest BCUT2D eigenvalue weighted by Crippen LogP contribution is 1.93. The first kappa shape index (κ1) is 10.0. The summed E-state index contributed by atoms with van der Waals surface area (Å²) in [4.78, 5) is 10.1. The third-order valence-corrected chi connectivity index (χ3v) is 1.26. The van der Waals surface area contributed by atoms with E-state index in [4.69, 9.17) is 5.11 Å². The predicted octanol–water partition coefficient (Wildman–Crippen LogP) is 1.36. The molecule has 0 fully saturated rings. The quantitative estimate of drug-likeness (QED) is 0.633. The zero-order valence-electron chi connectivity index (χ0n) is 7.05. The number of carbonyl (C=O) groups is 1. The minimum absolute atomic E-state index is 0.00600. The van der Waals surface area contributed by atoms with Crippen molar-refractivity contribution in [3.63, 3.8) is 0 Å². The summed E-state index contributed by atoms with van der Waals surface area (Å²) in [7, 11) is 0. The first-order valence-electron chi connectivity index (χ1n) is 3.79. The van der Waals surface area contributed by atoms with Crippen LogP contribution in [0.25, 0.3) is 0 Å². The molecule has 0 aliphatic carbocycles. The Bertz CT molecular complexity index is 152. The maximum absolute atomic E-state index is 10.1. The molecule has 0 saturated heterocycles. The van der Waals surface area contributed by atoms with Gasteiger partial charge in [-0.15, -0.1) is 0 Å². The number of hydrogen-bond acceptors (Lipinski definition) is 2. The highest BCUT2D eigenvalue weighted by molar-refractivity contribution is 5.69. The molecule has 0 saturated carbocycles. The molecule has 0 rings (SSSR count). The minimum atomic E-state index is -0.825. The molecule has 0 unspecified atom stereocenters. The largest absolute Gasteiger partial charge is 0.480 e. The van der Waals surface area contributed by atoms with E-state index in [1.807, 2.05) is 13.0 Å². The lowest BCUT2D eigenvalue weighted by Crippen LogP contribution is -2.20. The van der Waals surface area contributed by atoms with Gasteiger partial charge in [-0.2, -0.15) is 0 Å². The fourth-order valence-corrected chi connectivity index (χ4v) is 0.648. The molecule has 3 nitrogen and oxygen atoms in total. The fraction of sp³-hybridized carbons (Fsp3) is 0.625. The molecule has 3 heteroatoms. The second-order valence-corrected chi connectivity index (χ2v) is 2.42. The van der Waals surface area contributed by atoms with Crippen LogP contribution in [0.15, 0.2) is 11.8 Å². The summed E-state index contributed by atoms with van der Waals surface area (Å²) in [6, 6.07) is 0. The number of carboxylic acid groups (broad SMARTS) is 1. The van der Waals surface area contributed by atoms with Gasteiger partial charge in [0, 0.05) is 5.70 Å². The number of unbranched alkanes of at least 4 members (excludes halogenated alkanes) is 1. The lowest BCUT2D eigenvalue weighted by Gasteiger charge is -2.01. The molecular weight excluding hydrogens is 142 g/mol. The van der Waals surface area contributed by atoms with Crippen molar-refractivity contribution >= 4 is 5.97 Å². The average molecular weight is 157 g/mol. The van der Waals surface area contributed by atoms with Gasteiger partial charge in [0.15, 0.2) is 0 Å². The number of nitrogens with one attached hydrogen (secondary N) is 1. The van der Waals surface area contributed by atoms with Crippen molar-refractivity contribution in [2.24, 2.45) is 0 Å². The van der Waals surface area contributed by atoms with Crippen molar-refractivity contribution in [1.29, 1.82) is 0 Å². The Hall–Kier alpha value is -0.990. The standard InChI is InChI=1S/C8H15NO2/c1-3-4-5-7(2)9-6-8(10)11/h5,9H,3-4,6H2,1-2H3,(H,10,11)/b7-5+. The van der Waals surface area contributed by atoms with Gasteiger partial charge in [0.1, 0.15) is 6.54 Å². The summed E-state index contributed by atoms with van der Waals surface area (Å²) in [5.41, 5.74) is 0.939. The molecule has 0 heterocycles. The zero-order chi connectivity index (χ0) is 8.69. The molecule has 0 atom stereocenters. The van der Waals surface area contributed by atoms with Gasteiger partial charge in [0.2, 0.25) is 0 Å². The maximum Gasteiger partial charge on any atom is 0.322 e. The number of hydrogen-bond donors (Lipinski definition) is 2. The van der Waals surface area contributed by atoms with Gasteiger partial charge in [0.25, 0.3) is 0 Å². The van der Waals surface area contributed by atoms with Crippen molar-refractivity contribution in [2.45, 2.75) is 26.7 Å². The molecule has 2 N–H and O–H groups in total. The lowest BCUT2D eigenvalue weighted by atomic mass is 10.3. The number of allylic oxidation sites excluding steroid dienone is 2. The summed E-state index contributed by atoms with van der Waals surface area (Å²) in [6.45, 7) is 3.96. The zero-order valence-corrected chi connectivity index (χ0v) is 7.05. The molecule has 0 aromatic rings. The highest BCUT2D eigenvalue weighted by Gasteiger charge is 1.93. The lowest BCUT2D eigenvalue weighted by molar-refractivity contribution is -0.135. The maximum atomic E-state index is 10.1. The predicted molar refractivity (Wildman–Crippen MR) is 44.3 cm³/mol. The summed E-state index contributed by atoms with van der Waals surface area (Å²) < 4.78 is 0. The van der Waals surface area contributed by atoms with Crippen LogP contribution in [-0.4, -0.2) is 17.6 Å². The Labute approximate surface area is 67.1 Å². The smallest absolute Gasteiger partial charge is 0.322 e. The molecule has 0 aliphatic heterocycles. The van der Waals surface area contributed by atoms with Crippen LogP contribution in [0.5, 0.6) is 0 Å². The molecule has 0 aromatic carbocycles. The first-order valence-corrected chi connectivity index (χ1v) is 3.79. The van der Waals surface area contributed by atoms with Crippen LogP contribution in [0, 0.1) is 0 Å². The highest BCUT2D eigenvalue weighted by atomic mass is 16.4. The second-order valence-electron chi connectivity index (χ2n) is 2.42. The van der Waals surface area contributed by atoms with Crippen LogP contribution in [0.1, 0.15) is 26.7 Å².